The number of likely N-dealkylation sites (N-methyl/N-ethyl adjacent to an activating group) is 1. The van der Waals surface area contributed by atoms with Crippen molar-refractivity contribution in [3.05, 3.63) is 34.9 Å². The minimum Gasteiger partial charge on any atom is -0.326 e. The summed E-state index contributed by atoms with van der Waals surface area (Å²) in [4.78, 5) is 4.71. The zero-order valence-electron chi connectivity index (χ0n) is 14.0. The monoisotopic (exact) mass is 311 g/mol. The van der Waals surface area contributed by atoms with Crippen LogP contribution >= 0.6 is 11.6 Å². The fourth-order valence-corrected chi connectivity index (χ4v) is 2.77. The van der Waals surface area contributed by atoms with Gasteiger partial charge in [0.25, 0.3) is 0 Å². The van der Waals surface area contributed by atoms with E-state index >= 15 is 0 Å². The number of nitrogens with zero attached hydrogens (tertiary/aromatic N) is 2. The molecular weight excluding hydrogens is 282 g/mol. The minimum atomic E-state index is 0.0760. The summed E-state index contributed by atoms with van der Waals surface area (Å²) in [5, 5.41) is 0.769. The van der Waals surface area contributed by atoms with Gasteiger partial charge >= 0.3 is 0 Å². The van der Waals surface area contributed by atoms with E-state index in [1.165, 1.54) is 5.56 Å². The third-order valence-electron chi connectivity index (χ3n) is 3.54. The number of hydrogen-bond acceptors (Lipinski definition) is 3. The average molecular weight is 312 g/mol. The first kappa shape index (κ1) is 18.4. The van der Waals surface area contributed by atoms with E-state index < -0.39 is 0 Å². The van der Waals surface area contributed by atoms with Gasteiger partial charge in [0, 0.05) is 36.7 Å². The molecule has 0 fully saturated rings. The SMILES string of the molecule is CC(C)CN(CCN(C)C)C(c1ccc(Cl)cc1)C(C)N. The van der Waals surface area contributed by atoms with Crippen molar-refractivity contribution in [1.29, 1.82) is 0 Å². The molecule has 120 valence electrons. The first-order chi connectivity index (χ1) is 9.81. The molecule has 0 aliphatic rings. The van der Waals surface area contributed by atoms with Gasteiger partial charge in [-0.1, -0.05) is 37.6 Å². The lowest BCUT2D eigenvalue weighted by atomic mass is 9.98. The van der Waals surface area contributed by atoms with Gasteiger partial charge in [-0.15, -0.1) is 0 Å². The van der Waals surface area contributed by atoms with E-state index in [1.54, 1.807) is 0 Å². The maximum atomic E-state index is 6.30. The third kappa shape index (κ3) is 6.35. The molecule has 0 saturated carbocycles. The lowest BCUT2D eigenvalue weighted by Crippen LogP contribution is -2.44. The number of rotatable bonds is 8. The molecule has 0 aromatic heterocycles. The van der Waals surface area contributed by atoms with Gasteiger partial charge in [0.05, 0.1) is 0 Å². The van der Waals surface area contributed by atoms with Gasteiger partial charge in [0.1, 0.15) is 0 Å². The molecule has 1 aromatic carbocycles. The molecule has 2 N–H and O–H groups in total. The molecule has 2 unspecified atom stereocenters. The molecule has 21 heavy (non-hydrogen) atoms. The molecule has 0 heterocycles. The highest BCUT2D eigenvalue weighted by molar-refractivity contribution is 6.30. The van der Waals surface area contributed by atoms with Crippen LogP contribution in [0.25, 0.3) is 0 Å². The number of benzene rings is 1. The molecule has 0 aliphatic carbocycles. The summed E-state index contributed by atoms with van der Waals surface area (Å²) < 4.78 is 0. The summed E-state index contributed by atoms with van der Waals surface area (Å²) in [6, 6.07) is 8.40. The van der Waals surface area contributed by atoms with E-state index in [2.05, 4.69) is 56.8 Å². The Balaban J connectivity index is 2.97. The second-order valence-electron chi connectivity index (χ2n) is 6.55. The summed E-state index contributed by atoms with van der Waals surface area (Å²) in [6.45, 7) is 9.68. The Kier molecular flexibility index (Phi) is 7.67. The third-order valence-corrected chi connectivity index (χ3v) is 3.79. The molecule has 0 bridgehead atoms. The van der Waals surface area contributed by atoms with Crippen molar-refractivity contribution in [2.45, 2.75) is 32.9 Å². The Bertz CT molecular complexity index is 401. The Labute approximate surface area is 135 Å². The molecular formula is C17H30ClN3. The first-order valence-corrected chi connectivity index (χ1v) is 8.09. The standard InChI is InChI=1S/C17H30ClN3/c1-13(2)12-21(11-10-20(4)5)17(14(3)19)15-6-8-16(18)9-7-15/h6-9,13-14,17H,10-12,19H2,1-5H3. The summed E-state index contributed by atoms with van der Waals surface area (Å²) >= 11 is 6.01. The van der Waals surface area contributed by atoms with Crippen LogP contribution in [0.4, 0.5) is 0 Å². The van der Waals surface area contributed by atoms with Crippen LogP contribution < -0.4 is 5.73 Å². The topological polar surface area (TPSA) is 32.5 Å². The molecule has 0 saturated heterocycles. The van der Waals surface area contributed by atoms with Crippen molar-refractivity contribution >= 4 is 11.6 Å². The molecule has 3 nitrogen and oxygen atoms in total. The highest BCUT2D eigenvalue weighted by Crippen LogP contribution is 2.25. The van der Waals surface area contributed by atoms with Crippen LogP contribution in [0.5, 0.6) is 0 Å². The molecule has 2 atom stereocenters. The van der Waals surface area contributed by atoms with Crippen LogP contribution in [-0.4, -0.2) is 49.6 Å². The van der Waals surface area contributed by atoms with Crippen LogP contribution in [-0.2, 0) is 0 Å². The fourth-order valence-electron chi connectivity index (χ4n) is 2.65. The molecule has 4 heteroatoms. The largest absolute Gasteiger partial charge is 0.326 e. The van der Waals surface area contributed by atoms with Gasteiger partial charge in [0.15, 0.2) is 0 Å². The summed E-state index contributed by atoms with van der Waals surface area (Å²) in [7, 11) is 4.22. The van der Waals surface area contributed by atoms with Crippen LogP contribution in [0, 0.1) is 5.92 Å². The van der Waals surface area contributed by atoms with Gasteiger partial charge in [-0.2, -0.15) is 0 Å². The predicted molar refractivity (Wildman–Crippen MR) is 92.8 cm³/mol. The maximum absolute atomic E-state index is 6.30. The van der Waals surface area contributed by atoms with Gasteiger partial charge in [0.2, 0.25) is 0 Å². The smallest absolute Gasteiger partial charge is 0.0497 e. The predicted octanol–water partition coefficient (Wildman–Crippen LogP) is 3.25. The number of halogens is 1. The molecule has 0 aliphatic heterocycles. The fraction of sp³-hybridized carbons (Fsp3) is 0.647. The Morgan fingerprint density at radius 3 is 2.05 bits per heavy atom. The highest BCUT2D eigenvalue weighted by atomic mass is 35.5. The lowest BCUT2D eigenvalue weighted by molar-refractivity contribution is 0.144. The second kappa shape index (κ2) is 8.74. The van der Waals surface area contributed by atoms with Crippen LogP contribution in [0.2, 0.25) is 5.02 Å². The summed E-state index contributed by atoms with van der Waals surface area (Å²) in [5.74, 6) is 0.612. The minimum absolute atomic E-state index is 0.0760. The van der Waals surface area contributed by atoms with Crippen LogP contribution in [0.3, 0.4) is 0 Å². The van der Waals surface area contributed by atoms with Gasteiger partial charge in [-0.05, 0) is 44.6 Å². The average Bonchev–Trinajstić information content (AvgIpc) is 2.37. The zero-order chi connectivity index (χ0) is 16.0. The number of nitrogens with two attached hydrogens (primary N) is 1. The van der Waals surface area contributed by atoms with Crippen LogP contribution in [0.1, 0.15) is 32.4 Å². The highest BCUT2D eigenvalue weighted by Gasteiger charge is 2.24. The van der Waals surface area contributed by atoms with E-state index in [-0.39, 0.29) is 12.1 Å². The summed E-state index contributed by atoms with van der Waals surface area (Å²) in [6.07, 6.45) is 0. The van der Waals surface area contributed by atoms with E-state index in [0.29, 0.717) is 5.92 Å². The van der Waals surface area contributed by atoms with Crippen molar-refractivity contribution in [3.8, 4) is 0 Å². The Morgan fingerprint density at radius 1 is 1.05 bits per heavy atom. The van der Waals surface area contributed by atoms with E-state index in [0.717, 1.165) is 24.7 Å². The van der Waals surface area contributed by atoms with Crippen molar-refractivity contribution in [3.63, 3.8) is 0 Å². The van der Waals surface area contributed by atoms with Crippen molar-refractivity contribution < 1.29 is 0 Å². The van der Waals surface area contributed by atoms with E-state index in [4.69, 9.17) is 17.3 Å². The Hall–Kier alpha value is -0.610. The molecule has 1 rings (SSSR count). The second-order valence-corrected chi connectivity index (χ2v) is 6.98. The zero-order valence-corrected chi connectivity index (χ0v) is 14.8. The van der Waals surface area contributed by atoms with Gasteiger partial charge in [-0.25, -0.2) is 0 Å². The van der Waals surface area contributed by atoms with Crippen molar-refractivity contribution in [2.75, 3.05) is 33.7 Å². The van der Waals surface area contributed by atoms with Gasteiger partial charge in [-0.3, -0.25) is 4.90 Å². The van der Waals surface area contributed by atoms with Crippen molar-refractivity contribution in [2.24, 2.45) is 11.7 Å². The molecule has 0 amide bonds. The quantitative estimate of drug-likeness (QED) is 0.800. The van der Waals surface area contributed by atoms with E-state index in [1.807, 2.05) is 12.1 Å². The summed E-state index contributed by atoms with van der Waals surface area (Å²) in [5.41, 5.74) is 7.55. The lowest BCUT2D eigenvalue weighted by Gasteiger charge is -2.36. The molecule has 1 aromatic rings. The normalized spacial score (nSPS) is 15.0. The first-order valence-electron chi connectivity index (χ1n) is 7.71. The van der Waals surface area contributed by atoms with E-state index in [9.17, 15) is 0 Å². The Morgan fingerprint density at radius 2 is 1.62 bits per heavy atom. The van der Waals surface area contributed by atoms with Crippen molar-refractivity contribution in [1.82, 2.24) is 9.80 Å². The van der Waals surface area contributed by atoms with Crippen LogP contribution in [0.15, 0.2) is 24.3 Å². The maximum Gasteiger partial charge on any atom is 0.0497 e. The molecule has 0 spiro atoms. The molecule has 0 radical (unpaired) electrons. The van der Waals surface area contributed by atoms with Gasteiger partial charge < -0.3 is 10.6 Å². The number of hydrogen-bond donors (Lipinski definition) is 1.